The Kier molecular flexibility index (Phi) is 5.41. The van der Waals surface area contributed by atoms with Crippen molar-refractivity contribution in [2.75, 3.05) is 5.32 Å². The fraction of sp³-hybridized carbons (Fsp3) is 0.211. The number of anilines is 1. The van der Waals surface area contributed by atoms with Gasteiger partial charge in [0.2, 0.25) is 0 Å². The number of aromatic nitrogens is 3. The Hall–Kier alpha value is -3.15. The summed E-state index contributed by atoms with van der Waals surface area (Å²) in [5.41, 5.74) is 2.24. The monoisotopic (exact) mass is 335 g/mol. The molecule has 0 fully saturated rings. The van der Waals surface area contributed by atoms with Crippen LogP contribution in [0.1, 0.15) is 24.1 Å². The van der Waals surface area contributed by atoms with Crippen molar-refractivity contribution in [1.82, 2.24) is 20.1 Å². The van der Waals surface area contributed by atoms with E-state index in [-0.39, 0.29) is 12.1 Å². The standard InChI is InChI=1S/C19H21N5O/c1-15(17-7-11-20-12-8-17)22-19(25)23-18-9-13-21-24(18)14-10-16-5-3-2-4-6-16/h2-9,11-13,15H,10,14H2,1H3,(H2,22,23,25)/t15-/m0/s1. The largest absolute Gasteiger partial charge is 0.331 e. The van der Waals surface area contributed by atoms with Crippen LogP contribution in [0.15, 0.2) is 67.1 Å². The van der Waals surface area contributed by atoms with Crippen LogP contribution in [0.3, 0.4) is 0 Å². The molecular weight excluding hydrogens is 314 g/mol. The molecule has 6 heteroatoms. The van der Waals surface area contributed by atoms with Crippen molar-refractivity contribution in [1.29, 1.82) is 0 Å². The molecule has 0 aliphatic heterocycles. The zero-order valence-electron chi connectivity index (χ0n) is 14.1. The van der Waals surface area contributed by atoms with Crippen LogP contribution in [-0.2, 0) is 13.0 Å². The van der Waals surface area contributed by atoms with E-state index in [1.807, 2.05) is 37.3 Å². The normalized spacial score (nSPS) is 11.7. The van der Waals surface area contributed by atoms with Crippen molar-refractivity contribution in [3.63, 3.8) is 0 Å². The van der Waals surface area contributed by atoms with Crippen LogP contribution < -0.4 is 10.6 Å². The molecule has 0 bridgehead atoms. The second-order valence-corrected chi connectivity index (χ2v) is 5.78. The van der Waals surface area contributed by atoms with Crippen molar-refractivity contribution in [3.05, 3.63) is 78.2 Å². The van der Waals surface area contributed by atoms with Crippen LogP contribution in [0.4, 0.5) is 10.6 Å². The van der Waals surface area contributed by atoms with Gasteiger partial charge in [-0.15, -0.1) is 0 Å². The third-order valence-corrected chi connectivity index (χ3v) is 3.97. The molecule has 2 aromatic heterocycles. The molecule has 3 aromatic rings. The lowest BCUT2D eigenvalue weighted by atomic mass is 10.1. The Balaban J connectivity index is 1.56. The maximum Gasteiger partial charge on any atom is 0.320 e. The fourth-order valence-electron chi connectivity index (χ4n) is 2.58. The van der Waals surface area contributed by atoms with Gasteiger partial charge >= 0.3 is 6.03 Å². The highest BCUT2D eigenvalue weighted by atomic mass is 16.2. The Labute approximate surface area is 146 Å². The predicted molar refractivity (Wildman–Crippen MR) is 97.2 cm³/mol. The van der Waals surface area contributed by atoms with Crippen LogP contribution in [0.2, 0.25) is 0 Å². The summed E-state index contributed by atoms with van der Waals surface area (Å²) in [6.45, 7) is 2.63. The molecule has 1 atom stereocenters. The van der Waals surface area contributed by atoms with Gasteiger partial charge in [-0.05, 0) is 36.6 Å². The quantitative estimate of drug-likeness (QED) is 0.725. The van der Waals surface area contributed by atoms with E-state index in [9.17, 15) is 4.79 Å². The number of pyridine rings is 1. The number of hydrogen-bond acceptors (Lipinski definition) is 3. The highest BCUT2D eigenvalue weighted by Crippen LogP contribution is 2.12. The van der Waals surface area contributed by atoms with E-state index in [4.69, 9.17) is 0 Å². The number of carbonyl (C=O) groups excluding carboxylic acids is 1. The number of rotatable bonds is 6. The predicted octanol–water partition coefficient (Wildman–Crippen LogP) is 3.40. The van der Waals surface area contributed by atoms with Crippen molar-refractivity contribution in [3.8, 4) is 0 Å². The highest BCUT2D eigenvalue weighted by Gasteiger charge is 2.11. The molecule has 128 valence electrons. The van der Waals surface area contributed by atoms with Crippen LogP contribution in [0.5, 0.6) is 0 Å². The first-order chi connectivity index (χ1) is 12.2. The minimum atomic E-state index is -0.259. The summed E-state index contributed by atoms with van der Waals surface area (Å²) in [6, 6.07) is 15.4. The first-order valence-electron chi connectivity index (χ1n) is 8.25. The fourth-order valence-corrected chi connectivity index (χ4v) is 2.58. The number of nitrogens with zero attached hydrogens (tertiary/aromatic N) is 3. The summed E-state index contributed by atoms with van der Waals surface area (Å²) in [6.07, 6.45) is 5.97. The van der Waals surface area contributed by atoms with Crippen LogP contribution in [0.25, 0.3) is 0 Å². The average molecular weight is 335 g/mol. The third-order valence-electron chi connectivity index (χ3n) is 3.97. The van der Waals surface area contributed by atoms with Crippen molar-refractivity contribution >= 4 is 11.8 Å². The molecule has 2 heterocycles. The van der Waals surface area contributed by atoms with Gasteiger partial charge in [0.1, 0.15) is 5.82 Å². The second kappa shape index (κ2) is 8.10. The highest BCUT2D eigenvalue weighted by molar-refractivity contribution is 5.88. The molecule has 3 rings (SSSR count). The topological polar surface area (TPSA) is 71.8 Å². The lowest BCUT2D eigenvalue weighted by Gasteiger charge is -2.15. The molecule has 0 spiro atoms. The number of aryl methyl sites for hydroxylation is 2. The first-order valence-corrected chi connectivity index (χ1v) is 8.25. The van der Waals surface area contributed by atoms with Gasteiger partial charge < -0.3 is 5.32 Å². The van der Waals surface area contributed by atoms with Gasteiger partial charge in [-0.3, -0.25) is 10.3 Å². The summed E-state index contributed by atoms with van der Waals surface area (Å²) in [5, 5.41) is 10.1. The molecule has 2 amide bonds. The van der Waals surface area contributed by atoms with Gasteiger partial charge in [-0.1, -0.05) is 30.3 Å². The Bertz CT molecular complexity index is 801. The summed E-state index contributed by atoms with van der Waals surface area (Å²) in [5.74, 6) is 0.676. The number of benzene rings is 1. The molecule has 2 N–H and O–H groups in total. The lowest BCUT2D eigenvalue weighted by Crippen LogP contribution is -2.32. The molecule has 0 unspecified atom stereocenters. The van der Waals surface area contributed by atoms with E-state index in [1.165, 1.54) is 5.56 Å². The van der Waals surface area contributed by atoms with Gasteiger partial charge in [0.25, 0.3) is 0 Å². The summed E-state index contributed by atoms with van der Waals surface area (Å²) >= 11 is 0. The summed E-state index contributed by atoms with van der Waals surface area (Å²) < 4.78 is 1.80. The smallest absolute Gasteiger partial charge is 0.320 e. The Morgan fingerprint density at radius 3 is 2.60 bits per heavy atom. The maximum absolute atomic E-state index is 12.2. The van der Waals surface area contributed by atoms with Gasteiger partial charge in [0.15, 0.2) is 0 Å². The number of hydrogen-bond donors (Lipinski definition) is 2. The van der Waals surface area contributed by atoms with E-state index in [0.29, 0.717) is 12.4 Å². The van der Waals surface area contributed by atoms with Crippen LogP contribution >= 0.6 is 0 Å². The maximum atomic E-state index is 12.2. The molecule has 0 aliphatic carbocycles. The van der Waals surface area contributed by atoms with E-state index >= 15 is 0 Å². The van der Waals surface area contributed by atoms with E-state index < -0.39 is 0 Å². The van der Waals surface area contributed by atoms with Crippen LogP contribution in [-0.4, -0.2) is 20.8 Å². The van der Waals surface area contributed by atoms with E-state index in [2.05, 4.69) is 32.8 Å². The second-order valence-electron chi connectivity index (χ2n) is 5.78. The van der Waals surface area contributed by atoms with Gasteiger partial charge in [0.05, 0.1) is 12.2 Å². The van der Waals surface area contributed by atoms with Gasteiger partial charge in [0, 0.05) is 25.0 Å². The van der Waals surface area contributed by atoms with Crippen molar-refractivity contribution in [2.24, 2.45) is 0 Å². The lowest BCUT2D eigenvalue weighted by molar-refractivity contribution is 0.249. The number of amides is 2. The molecule has 6 nitrogen and oxygen atoms in total. The van der Waals surface area contributed by atoms with Crippen LogP contribution in [0, 0.1) is 0 Å². The Morgan fingerprint density at radius 2 is 1.84 bits per heavy atom. The molecular formula is C19H21N5O. The molecule has 0 aliphatic rings. The minimum Gasteiger partial charge on any atom is -0.331 e. The number of nitrogens with one attached hydrogen (secondary N) is 2. The van der Waals surface area contributed by atoms with Gasteiger partial charge in [-0.25, -0.2) is 9.48 Å². The first kappa shape index (κ1) is 16.7. The number of urea groups is 1. The summed E-state index contributed by atoms with van der Waals surface area (Å²) in [7, 11) is 0. The minimum absolute atomic E-state index is 0.108. The average Bonchev–Trinajstić information content (AvgIpc) is 3.08. The third kappa shape index (κ3) is 4.67. The zero-order valence-corrected chi connectivity index (χ0v) is 14.1. The van der Waals surface area contributed by atoms with Gasteiger partial charge in [-0.2, -0.15) is 5.10 Å². The van der Waals surface area contributed by atoms with E-state index in [0.717, 1.165) is 12.0 Å². The molecule has 0 saturated carbocycles. The molecule has 0 radical (unpaired) electrons. The van der Waals surface area contributed by atoms with Crippen molar-refractivity contribution in [2.45, 2.75) is 25.9 Å². The molecule has 0 saturated heterocycles. The van der Waals surface area contributed by atoms with Crippen molar-refractivity contribution < 1.29 is 4.79 Å². The Morgan fingerprint density at radius 1 is 1.08 bits per heavy atom. The zero-order chi connectivity index (χ0) is 17.5. The molecule has 1 aromatic carbocycles. The van der Waals surface area contributed by atoms with E-state index in [1.54, 1.807) is 29.3 Å². The SMILES string of the molecule is C[C@H](NC(=O)Nc1ccnn1CCc1ccccc1)c1ccncc1. The summed E-state index contributed by atoms with van der Waals surface area (Å²) in [4.78, 5) is 16.2. The molecule has 25 heavy (non-hydrogen) atoms. The number of carbonyl (C=O) groups is 1.